The number of H-pyrrole nitrogens is 1. The van der Waals surface area contributed by atoms with E-state index in [-0.39, 0.29) is 17.5 Å². The average molecular weight is 450 g/mol. The van der Waals surface area contributed by atoms with Gasteiger partial charge >= 0.3 is 0 Å². The van der Waals surface area contributed by atoms with Crippen molar-refractivity contribution in [3.63, 3.8) is 0 Å². The number of carbonyl (C=O) groups is 2. The number of hydrogen-bond donors (Lipinski definition) is 3. The normalized spacial score (nSPS) is 40.2. The molecule has 0 saturated heterocycles. The fourth-order valence-corrected chi connectivity index (χ4v) is 7.64. The van der Waals surface area contributed by atoms with Gasteiger partial charge in [-0.2, -0.15) is 0 Å². The number of fused-ring (bicyclic) bond motifs is 9. The largest absolute Gasteiger partial charge is 0.387 e. The Labute approximate surface area is 193 Å². The fourth-order valence-electron chi connectivity index (χ4n) is 7.64. The van der Waals surface area contributed by atoms with Gasteiger partial charge in [-0.25, -0.2) is 0 Å². The van der Waals surface area contributed by atoms with Gasteiger partial charge in [0, 0.05) is 38.9 Å². The Kier molecular flexibility index (Phi) is 4.02. The first-order valence-corrected chi connectivity index (χ1v) is 11.9. The highest BCUT2D eigenvalue weighted by Crippen LogP contribution is 2.69. The molecule has 6 unspecified atom stereocenters. The predicted octanol–water partition coefficient (Wildman–Crippen LogP) is 3.60. The first-order chi connectivity index (χ1) is 15.4. The number of rotatable bonds is 1. The van der Waals surface area contributed by atoms with Crippen LogP contribution in [0.2, 0.25) is 0 Å². The van der Waals surface area contributed by atoms with E-state index in [0.29, 0.717) is 31.3 Å². The fraction of sp³-hybridized carbons (Fsp3) is 0.556. The molecular weight excluding hydrogens is 418 g/mol. The zero-order valence-corrected chi connectivity index (χ0v) is 19.6. The summed E-state index contributed by atoms with van der Waals surface area (Å²) < 4.78 is 6.11. The van der Waals surface area contributed by atoms with Crippen molar-refractivity contribution < 1.29 is 24.5 Å². The van der Waals surface area contributed by atoms with Crippen LogP contribution in [-0.4, -0.2) is 50.2 Å². The van der Waals surface area contributed by atoms with Crippen LogP contribution in [0.3, 0.4) is 0 Å². The molecule has 2 aromatic rings. The minimum Gasteiger partial charge on any atom is -0.387 e. The van der Waals surface area contributed by atoms with Gasteiger partial charge in [0.15, 0.2) is 11.6 Å². The molecule has 6 atom stereocenters. The molecule has 2 heterocycles. The van der Waals surface area contributed by atoms with Crippen LogP contribution in [0.1, 0.15) is 69.4 Å². The summed E-state index contributed by atoms with van der Waals surface area (Å²) in [6, 6.07) is 7.88. The van der Waals surface area contributed by atoms with Crippen LogP contribution in [-0.2, 0) is 14.9 Å². The second-order valence-electron chi connectivity index (χ2n) is 11.5. The summed E-state index contributed by atoms with van der Waals surface area (Å²) in [5.74, 6) is -0.370. The number of aromatic amines is 1. The van der Waals surface area contributed by atoms with Gasteiger partial charge in [-0.1, -0.05) is 32.0 Å². The molecule has 1 aromatic carbocycles. The zero-order chi connectivity index (χ0) is 23.6. The minimum absolute atomic E-state index is 0.155. The standard InChI is InChI=1S/C27H31NO5/c1-24(2,31)23-18(29)13-16-19(33-23)10-11-25(3)26(4)15(9-12-27(16,25)32)21(30)20-14-7-5-6-8-17(14)28-22(20)26/h5-8,13,15,19,23,28,31-32H,9-12H2,1-4H3. The van der Waals surface area contributed by atoms with Crippen LogP contribution < -0.4 is 0 Å². The van der Waals surface area contributed by atoms with Gasteiger partial charge in [0.2, 0.25) is 0 Å². The van der Waals surface area contributed by atoms with Gasteiger partial charge in [0.1, 0.15) is 6.10 Å². The third kappa shape index (κ3) is 2.34. The number of nitrogens with one attached hydrogen (secondary N) is 1. The van der Waals surface area contributed by atoms with Crippen molar-refractivity contribution in [1.82, 2.24) is 4.98 Å². The number of ether oxygens (including phenoxy) is 1. The molecule has 1 aliphatic heterocycles. The van der Waals surface area contributed by atoms with E-state index in [2.05, 4.69) is 18.8 Å². The highest BCUT2D eigenvalue weighted by atomic mass is 16.5. The Morgan fingerprint density at radius 2 is 1.85 bits per heavy atom. The van der Waals surface area contributed by atoms with E-state index in [1.807, 2.05) is 24.3 Å². The van der Waals surface area contributed by atoms with Gasteiger partial charge in [0.25, 0.3) is 0 Å². The van der Waals surface area contributed by atoms with Crippen molar-refractivity contribution in [2.75, 3.05) is 0 Å². The average Bonchev–Trinajstić information content (AvgIpc) is 3.24. The number of hydrogen-bond acceptors (Lipinski definition) is 5. The molecular formula is C27H31NO5. The number of ketones is 2. The number of carbonyl (C=O) groups excluding carboxylic acids is 2. The van der Waals surface area contributed by atoms with E-state index >= 15 is 0 Å². The smallest absolute Gasteiger partial charge is 0.187 e. The molecule has 3 N–H and O–H groups in total. The topological polar surface area (TPSA) is 99.6 Å². The van der Waals surface area contributed by atoms with E-state index in [0.717, 1.165) is 22.2 Å². The van der Waals surface area contributed by atoms with Crippen molar-refractivity contribution >= 4 is 22.5 Å². The van der Waals surface area contributed by atoms with Crippen molar-refractivity contribution in [2.45, 2.75) is 82.2 Å². The first-order valence-electron chi connectivity index (χ1n) is 11.9. The van der Waals surface area contributed by atoms with Crippen LogP contribution >= 0.6 is 0 Å². The van der Waals surface area contributed by atoms with E-state index in [9.17, 15) is 19.8 Å². The summed E-state index contributed by atoms with van der Waals surface area (Å²) in [7, 11) is 0. The van der Waals surface area contributed by atoms with E-state index in [4.69, 9.17) is 4.74 Å². The number of aromatic nitrogens is 1. The van der Waals surface area contributed by atoms with Gasteiger partial charge < -0.3 is 19.9 Å². The molecule has 1 aromatic heterocycles. The first kappa shape index (κ1) is 21.3. The summed E-state index contributed by atoms with van der Waals surface area (Å²) in [6.45, 7) is 7.34. The van der Waals surface area contributed by atoms with E-state index in [1.54, 1.807) is 13.8 Å². The Bertz CT molecular complexity index is 1250. The highest BCUT2D eigenvalue weighted by molar-refractivity contribution is 6.14. The SMILES string of the molecule is CC(C)(O)C1OC2CCC3(C)C(O)(CCC4C(=O)c5c([nH]c6ccccc56)C43C)C2=CC1=O. The Morgan fingerprint density at radius 3 is 2.58 bits per heavy atom. The Balaban J connectivity index is 1.53. The molecule has 2 saturated carbocycles. The van der Waals surface area contributed by atoms with Crippen LogP contribution in [0.4, 0.5) is 0 Å². The Morgan fingerprint density at radius 1 is 1.12 bits per heavy atom. The number of para-hydroxylation sites is 1. The lowest BCUT2D eigenvalue weighted by atomic mass is 9.42. The molecule has 33 heavy (non-hydrogen) atoms. The summed E-state index contributed by atoms with van der Waals surface area (Å²) in [6.07, 6.45) is 2.39. The summed E-state index contributed by atoms with van der Waals surface area (Å²) in [5, 5.41) is 23.7. The lowest BCUT2D eigenvalue weighted by molar-refractivity contribution is -0.193. The van der Waals surface area contributed by atoms with Gasteiger partial charge in [-0.3, -0.25) is 9.59 Å². The molecule has 0 bridgehead atoms. The molecule has 0 radical (unpaired) electrons. The minimum atomic E-state index is -1.30. The van der Waals surface area contributed by atoms with Crippen LogP contribution in [0.15, 0.2) is 35.9 Å². The maximum absolute atomic E-state index is 13.7. The number of aliphatic hydroxyl groups is 2. The maximum Gasteiger partial charge on any atom is 0.187 e. The van der Waals surface area contributed by atoms with Crippen LogP contribution in [0.25, 0.3) is 10.9 Å². The molecule has 0 spiro atoms. The van der Waals surface area contributed by atoms with Gasteiger partial charge in [-0.15, -0.1) is 0 Å². The number of benzene rings is 1. The van der Waals surface area contributed by atoms with Gasteiger partial charge in [-0.05, 0) is 57.2 Å². The summed E-state index contributed by atoms with van der Waals surface area (Å²) in [4.78, 5) is 30.2. The molecule has 2 fully saturated rings. The van der Waals surface area contributed by atoms with Crippen molar-refractivity contribution in [3.05, 3.63) is 47.2 Å². The van der Waals surface area contributed by atoms with Gasteiger partial charge in [0.05, 0.1) is 17.3 Å². The van der Waals surface area contributed by atoms with Crippen LogP contribution in [0, 0.1) is 11.3 Å². The quantitative estimate of drug-likeness (QED) is 0.618. The lowest BCUT2D eigenvalue weighted by Crippen LogP contribution is -2.68. The molecule has 6 heteroatoms. The summed E-state index contributed by atoms with van der Waals surface area (Å²) >= 11 is 0. The predicted molar refractivity (Wildman–Crippen MR) is 123 cm³/mol. The number of Topliss-reactive ketones (excluding diaryl/α,β-unsaturated/α-hetero) is 1. The summed E-state index contributed by atoms with van der Waals surface area (Å²) in [5.41, 5.74) is -0.632. The third-order valence-electron chi connectivity index (χ3n) is 9.57. The van der Waals surface area contributed by atoms with Crippen LogP contribution in [0.5, 0.6) is 0 Å². The van der Waals surface area contributed by atoms with E-state index in [1.165, 1.54) is 6.08 Å². The second-order valence-corrected chi connectivity index (χ2v) is 11.5. The zero-order valence-electron chi connectivity index (χ0n) is 19.6. The van der Waals surface area contributed by atoms with Crippen molar-refractivity contribution in [1.29, 1.82) is 0 Å². The lowest BCUT2D eigenvalue weighted by Gasteiger charge is -2.64. The maximum atomic E-state index is 13.7. The van der Waals surface area contributed by atoms with E-state index < -0.39 is 34.2 Å². The molecule has 6 rings (SSSR count). The van der Waals surface area contributed by atoms with Crippen molar-refractivity contribution in [2.24, 2.45) is 11.3 Å². The molecule has 0 amide bonds. The molecule has 4 aliphatic rings. The molecule has 174 valence electrons. The highest BCUT2D eigenvalue weighted by Gasteiger charge is 2.72. The molecule has 3 aliphatic carbocycles. The monoisotopic (exact) mass is 449 g/mol. The Hall–Kier alpha value is -2.28. The molecule has 6 nitrogen and oxygen atoms in total. The van der Waals surface area contributed by atoms with Crippen molar-refractivity contribution in [3.8, 4) is 0 Å². The second kappa shape index (κ2) is 6.23. The third-order valence-corrected chi connectivity index (χ3v) is 9.57.